The molecule has 0 amide bonds. The maximum atomic E-state index is 8.58. The minimum absolute atomic E-state index is 1.43. The van der Waals surface area contributed by atoms with Gasteiger partial charge >= 0.3 is 23.9 Å². The maximum Gasteiger partial charge on any atom is -0.0184 e. The first-order valence-electron chi connectivity index (χ1n) is 2.45. The molecule has 2 aliphatic carbocycles. The van der Waals surface area contributed by atoms with Gasteiger partial charge in [-0.25, -0.2) is 0 Å². The standard InChI is InChI=1S/C6H4.AsHO2/c1-2-6-4-3-5(1)6;2-1-3/h1-4H;(H,2,3). The SMILES string of the molecule is O=[As]O.c1cc2ccc1-2. The van der Waals surface area contributed by atoms with Gasteiger partial charge in [0, 0.05) is 0 Å². The molecular formula is C6H5AsO2. The number of hydrogen-bond donors (Lipinski definition) is 1. The summed E-state index contributed by atoms with van der Waals surface area (Å²) in [6.45, 7) is 0. The average Bonchev–Trinajstić information content (AvgIpc) is 1.81. The van der Waals surface area contributed by atoms with E-state index in [2.05, 4.69) is 24.3 Å². The zero-order valence-electron chi connectivity index (χ0n) is 4.61. The molecule has 46 valence electrons. The Morgan fingerprint density at radius 2 is 1.33 bits per heavy atom. The quantitative estimate of drug-likeness (QED) is 0.609. The molecule has 0 fully saturated rings. The third-order valence-electron chi connectivity index (χ3n) is 1.22. The van der Waals surface area contributed by atoms with Crippen molar-refractivity contribution >= 4 is 16.0 Å². The van der Waals surface area contributed by atoms with E-state index in [0.717, 1.165) is 0 Å². The molecule has 0 aromatic carbocycles. The summed E-state index contributed by atoms with van der Waals surface area (Å²) in [5.74, 6) is 0. The Hall–Kier alpha value is -0.462. The van der Waals surface area contributed by atoms with Crippen molar-refractivity contribution in [3.63, 3.8) is 0 Å². The first-order chi connectivity index (χ1) is 4.38. The molecule has 3 heteroatoms. The minimum atomic E-state index is -1.56. The van der Waals surface area contributed by atoms with Gasteiger partial charge in [0.05, 0.1) is 0 Å². The number of fused-ring (bicyclic) bond motifs is 1. The second kappa shape index (κ2) is 2.90. The third kappa shape index (κ3) is 1.26. The van der Waals surface area contributed by atoms with Crippen molar-refractivity contribution in [1.29, 1.82) is 0 Å². The van der Waals surface area contributed by atoms with Gasteiger partial charge in [-0.15, -0.1) is 0 Å². The largest absolute Gasteiger partial charge is 0.0538 e. The van der Waals surface area contributed by atoms with Crippen LogP contribution in [0.1, 0.15) is 0 Å². The van der Waals surface area contributed by atoms with Gasteiger partial charge in [0.1, 0.15) is 0 Å². The zero-order chi connectivity index (χ0) is 6.69. The van der Waals surface area contributed by atoms with E-state index in [0.29, 0.717) is 0 Å². The van der Waals surface area contributed by atoms with Crippen LogP contribution in [0.5, 0.6) is 0 Å². The van der Waals surface area contributed by atoms with E-state index < -0.39 is 16.0 Å². The predicted octanol–water partition coefficient (Wildman–Crippen LogP) is 0.610. The first-order valence-corrected chi connectivity index (χ1v) is 4.06. The van der Waals surface area contributed by atoms with Gasteiger partial charge in [-0.2, -0.15) is 0 Å². The van der Waals surface area contributed by atoms with Crippen molar-refractivity contribution in [3.05, 3.63) is 24.3 Å². The van der Waals surface area contributed by atoms with Crippen molar-refractivity contribution in [2.75, 3.05) is 0 Å². The topological polar surface area (TPSA) is 37.3 Å². The summed E-state index contributed by atoms with van der Waals surface area (Å²) in [4.78, 5) is 0. The molecule has 0 aromatic heterocycles. The van der Waals surface area contributed by atoms with Crippen LogP contribution >= 0.6 is 0 Å². The molecule has 0 saturated heterocycles. The van der Waals surface area contributed by atoms with Crippen LogP contribution in [0.4, 0.5) is 0 Å². The van der Waals surface area contributed by atoms with Gasteiger partial charge in [-0.05, 0) is 11.1 Å². The Morgan fingerprint density at radius 1 is 1.11 bits per heavy atom. The minimum Gasteiger partial charge on any atom is -0.0538 e. The van der Waals surface area contributed by atoms with Crippen LogP contribution in [0.2, 0.25) is 0 Å². The van der Waals surface area contributed by atoms with Crippen LogP contribution in [0.15, 0.2) is 24.3 Å². The van der Waals surface area contributed by atoms with Crippen LogP contribution in [-0.2, 0) is 3.74 Å². The van der Waals surface area contributed by atoms with Gasteiger partial charge in [-0.3, -0.25) is 0 Å². The Bertz CT molecular complexity index is 184. The smallest absolute Gasteiger partial charge is 0.0184 e. The van der Waals surface area contributed by atoms with Crippen LogP contribution in [-0.4, -0.2) is 20.1 Å². The summed E-state index contributed by atoms with van der Waals surface area (Å²) in [6.07, 6.45) is 0. The molecule has 0 aromatic rings. The van der Waals surface area contributed by atoms with E-state index >= 15 is 0 Å². The molecule has 2 nitrogen and oxygen atoms in total. The molecule has 0 radical (unpaired) electrons. The molecule has 2 rings (SSSR count). The maximum absolute atomic E-state index is 8.58. The van der Waals surface area contributed by atoms with Crippen molar-refractivity contribution in [2.24, 2.45) is 0 Å². The second-order valence-electron chi connectivity index (χ2n) is 1.66. The summed E-state index contributed by atoms with van der Waals surface area (Å²) in [5.41, 5.74) is 2.85. The third-order valence-corrected chi connectivity index (χ3v) is 1.22. The fourth-order valence-corrected chi connectivity index (χ4v) is 0.663. The van der Waals surface area contributed by atoms with Gasteiger partial charge in [-0.1, -0.05) is 24.3 Å². The number of hydrogen-bond acceptors (Lipinski definition) is 1. The van der Waals surface area contributed by atoms with E-state index in [1.54, 1.807) is 0 Å². The molecule has 0 unspecified atom stereocenters. The summed E-state index contributed by atoms with van der Waals surface area (Å²) in [7, 11) is 0. The fraction of sp³-hybridized carbons (Fsp3) is 0. The van der Waals surface area contributed by atoms with Crippen LogP contribution in [0.25, 0.3) is 11.1 Å². The monoisotopic (exact) mass is 184 g/mol. The van der Waals surface area contributed by atoms with E-state index in [4.69, 9.17) is 7.84 Å². The number of benzene rings is 1. The van der Waals surface area contributed by atoms with Gasteiger partial charge in [0.25, 0.3) is 0 Å². The van der Waals surface area contributed by atoms with Gasteiger partial charge in [0.15, 0.2) is 0 Å². The summed E-state index contributed by atoms with van der Waals surface area (Å²) in [6, 6.07) is 8.48. The molecule has 0 saturated carbocycles. The summed E-state index contributed by atoms with van der Waals surface area (Å²) < 4.78 is 15.7. The van der Waals surface area contributed by atoms with E-state index in [1.165, 1.54) is 11.1 Å². The van der Waals surface area contributed by atoms with Crippen LogP contribution in [0, 0.1) is 0 Å². The molecule has 0 heterocycles. The Labute approximate surface area is 59.8 Å². The van der Waals surface area contributed by atoms with Crippen molar-refractivity contribution in [3.8, 4) is 11.1 Å². The molecule has 1 N–H and O–H groups in total. The molecule has 0 atom stereocenters. The fourth-order valence-electron chi connectivity index (χ4n) is 0.663. The van der Waals surface area contributed by atoms with Crippen LogP contribution in [0.3, 0.4) is 0 Å². The van der Waals surface area contributed by atoms with Crippen molar-refractivity contribution in [1.82, 2.24) is 0 Å². The Balaban J connectivity index is 0.000000120. The molecule has 0 aliphatic heterocycles. The normalized spacial score (nSPS) is 9.89. The van der Waals surface area contributed by atoms with Crippen molar-refractivity contribution < 1.29 is 7.84 Å². The molecular weight excluding hydrogens is 179 g/mol. The van der Waals surface area contributed by atoms with Crippen molar-refractivity contribution in [2.45, 2.75) is 0 Å². The second-order valence-corrected chi connectivity index (χ2v) is 2.00. The van der Waals surface area contributed by atoms with Gasteiger partial charge in [0.2, 0.25) is 0 Å². The summed E-state index contributed by atoms with van der Waals surface area (Å²) in [5, 5.41) is 0. The molecule has 9 heavy (non-hydrogen) atoms. The van der Waals surface area contributed by atoms with E-state index in [1.807, 2.05) is 0 Å². The Kier molecular flexibility index (Phi) is 2.15. The first kappa shape index (κ1) is 6.66. The van der Waals surface area contributed by atoms with Gasteiger partial charge < -0.3 is 0 Å². The van der Waals surface area contributed by atoms with Crippen LogP contribution < -0.4 is 0 Å². The van der Waals surface area contributed by atoms with E-state index in [-0.39, 0.29) is 0 Å². The summed E-state index contributed by atoms with van der Waals surface area (Å²) >= 11 is -1.56. The predicted molar refractivity (Wildman–Crippen MR) is 34.1 cm³/mol. The van der Waals surface area contributed by atoms with E-state index in [9.17, 15) is 0 Å². The molecule has 2 aliphatic rings. The average molecular weight is 184 g/mol. The zero-order valence-corrected chi connectivity index (χ0v) is 6.49. The number of rotatable bonds is 0. The molecule has 0 spiro atoms. The molecule has 0 bridgehead atoms. The Morgan fingerprint density at radius 3 is 1.33 bits per heavy atom.